The third kappa shape index (κ3) is 7.49. The second-order valence-electron chi connectivity index (χ2n) is 12.4. The van der Waals surface area contributed by atoms with E-state index in [-0.39, 0.29) is 18.2 Å². The van der Waals surface area contributed by atoms with Crippen molar-refractivity contribution >= 4 is 23.6 Å². The molecule has 2 fully saturated rings. The lowest BCUT2D eigenvalue weighted by molar-refractivity contribution is -0.155. The number of ether oxygens (including phenoxy) is 3. The first-order chi connectivity index (χ1) is 20.4. The van der Waals surface area contributed by atoms with Crippen LogP contribution in [0.2, 0.25) is 0 Å². The molecule has 43 heavy (non-hydrogen) atoms. The summed E-state index contributed by atoms with van der Waals surface area (Å²) in [5.41, 5.74) is 1.03. The monoisotopic (exact) mass is 596 g/mol. The molecule has 0 saturated carbocycles. The van der Waals surface area contributed by atoms with Gasteiger partial charge in [-0.1, -0.05) is 20.8 Å². The predicted octanol–water partition coefficient (Wildman–Crippen LogP) is 4.34. The van der Waals surface area contributed by atoms with Crippen LogP contribution in [0.15, 0.2) is 37.1 Å². The Labute approximate surface area is 253 Å². The molecule has 11 nitrogen and oxygen atoms in total. The minimum Gasteiger partial charge on any atom is -0.461 e. The number of aryl methyl sites for hydroxylation is 1. The highest BCUT2D eigenvalue weighted by Crippen LogP contribution is 2.34. The van der Waals surface area contributed by atoms with Crippen molar-refractivity contribution < 1.29 is 33.4 Å². The van der Waals surface area contributed by atoms with E-state index in [9.17, 15) is 19.2 Å². The van der Waals surface area contributed by atoms with Crippen LogP contribution in [0.5, 0.6) is 0 Å². The second kappa shape index (κ2) is 13.8. The molecule has 0 radical (unpaired) electrons. The molecule has 2 aromatic heterocycles. The Hall–Kier alpha value is -3.60. The molecule has 2 aromatic rings. The van der Waals surface area contributed by atoms with Crippen molar-refractivity contribution in [3.05, 3.63) is 37.1 Å². The molecule has 4 heterocycles. The first kappa shape index (κ1) is 32.3. The zero-order valence-electron chi connectivity index (χ0n) is 26.0. The SMILES string of the molecule is CO[C@@]1(C)C[C@@H](C)C(=O)C(C)C(=O)OCC2OC(=O)N(CCCCn3cnc(-c4cccnc4)c3)C2C(C)C(=O)[C@H](C)C1. The van der Waals surface area contributed by atoms with Gasteiger partial charge in [0, 0.05) is 62.1 Å². The summed E-state index contributed by atoms with van der Waals surface area (Å²) in [6.07, 6.45) is 8.07. The Bertz CT molecular complexity index is 1300. The number of fused-ring (bicyclic) bond motifs is 1. The average Bonchev–Trinajstić information content (AvgIpc) is 3.60. The van der Waals surface area contributed by atoms with E-state index in [1.54, 1.807) is 37.7 Å². The lowest BCUT2D eigenvalue weighted by Crippen LogP contribution is -2.48. The van der Waals surface area contributed by atoms with Gasteiger partial charge in [-0.05, 0) is 51.7 Å². The number of amides is 1. The maximum absolute atomic E-state index is 13.8. The van der Waals surface area contributed by atoms with E-state index < -0.39 is 53.5 Å². The summed E-state index contributed by atoms with van der Waals surface area (Å²) < 4.78 is 19.0. The Kier molecular flexibility index (Phi) is 10.4. The average molecular weight is 597 g/mol. The van der Waals surface area contributed by atoms with Crippen LogP contribution in [0, 0.1) is 23.7 Å². The number of cyclic esters (lactones) is 1. The highest BCUT2D eigenvalue weighted by atomic mass is 16.6. The van der Waals surface area contributed by atoms with Crippen LogP contribution in [0.25, 0.3) is 11.3 Å². The number of methoxy groups -OCH3 is 1. The number of hydrogen-bond acceptors (Lipinski definition) is 9. The second-order valence-corrected chi connectivity index (χ2v) is 12.4. The van der Waals surface area contributed by atoms with Gasteiger partial charge in [0.15, 0.2) is 6.10 Å². The first-order valence-corrected chi connectivity index (χ1v) is 15.1. The fourth-order valence-corrected chi connectivity index (χ4v) is 6.47. The smallest absolute Gasteiger partial charge is 0.410 e. The Morgan fingerprint density at radius 2 is 1.72 bits per heavy atom. The van der Waals surface area contributed by atoms with Gasteiger partial charge in [-0.25, -0.2) is 9.78 Å². The van der Waals surface area contributed by atoms with Crippen LogP contribution in [0.3, 0.4) is 0 Å². The number of unbranched alkanes of at least 4 members (excludes halogenated alkanes) is 1. The molecule has 2 aliphatic heterocycles. The lowest BCUT2D eigenvalue weighted by atomic mass is 9.77. The van der Waals surface area contributed by atoms with Gasteiger partial charge >= 0.3 is 12.1 Å². The van der Waals surface area contributed by atoms with Gasteiger partial charge in [-0.3, -0.25) is 19.4 Å². The summed E-state index contributed by atoms with van der Waals surface area (Å²) >= 11 is 0. The Balaban J connectivity index is 1.47. The number of nitrogens with zero attached hydrogens (tertiary/aromatic N) is 4. The summed E-state index contributed by atoms with van der Waals surface area (Å²) in [6, 6.07) is 3.21. The third-order valence-corrected chi connectivity index (χ3v) is 8.95. The number of carbonyl (C=O) groups excluding carboxylic acids is 4. The van der Waals surface area contributed by atoms with Crippen molar-refractivity contribution in [2.75, 3.05) is 20.3 Å². The summed E-state index contributed by atoms with van der Waals surface area (Å²) in [5.74, 6) is -3.33. The molecule has 4 rings (SSSR count). The maximum atomic E-state index is 13.8. The zero-order valence-corrected chi connectivity index (χ0v) is 26.0. The molecule has 0 aromatic carbocycles. The molecule has 0 N–H and O–H groups in total. The summed E-state index contributed by atoms with van der Waals surface area (Å²) in [6.45, 7) is 9.73. The van der Waals surface area contributed by atoms with Crippen LogP contribution >= 0.6 is 0 Å². The van der Waals surface area contributed by atoms with Gasteiger partial charge in [0.2, 0.25) is 0 Å². The van der Waals surface area contributed by atoms with Crippen LogP contribution in [-0.2, 0) is 35.1 Å². The molecule has 0 aliphatic carbocycles. The summed E-state index contributed by atoms with van der Waals surface area (Å²) in [5, 5.41) is 0. The third-order valence-electron chi connectivity index (χ3n) is 8.95. The fourth-order valence-electron chi connectivity index (χ4n) is 6.47. The van der Waals surface area contributed by atoms with E-state index in [1.807, 2.05) is 43.7 Å². The van der Waals surface area contributed by atoms with Gasteiger partial charge in [0.1, 0.15) is 24.1 Å². The molecule has 1 amide bonds. The molecule has 0 spiro atoms. The number of pyridine rings is 1. The molecule has 4 unspecified atom stereocenters. The highest BCUT2D eigenvalue weighted by molar-refractivity contribution is 5.99. The van der Waals surface area contributed by atoms with E-state index >= 15 is 0 Å². The Morgan fingerprint density at radius 3 is 2.40 bits per heavy atom. The van der Waals surface area contributed by atoms with Crippen molar-refractivity contribution in [1.29, 1.82) is 0 Å². The van der Waals surface area contributed by atoms with Crippen molar-refractivity contribution in [1.82, 2.24) is 19.4 Å². The van der Waals surface area contributed by atoms with Gasteiger partial charge in [0.05, 0.1) is 23.7 Å². The zero-order chi connectivity index (χ0) is 31.3. The van der Waals surface area contributed by atoms with Gasteiger partial charge in [-0.15, -0.1) is 0 Å². The maximum Gasteiger partial charge on any atom is 0.410 e. The summed E-state index contributed by atoms with van der Waals surface area (Å²) in [4.78, 5) is 63.0. The van der Waals surface area contributed by atoms with Crippen LogP contribution in [0.1, 0.15) is 60.3 Å². The quantitative estimate of drug-likeness (QED) is 0.260. The molecule has 234 valence electrons. The molecule has 2 aliphatic rings. The van der Waals surface area contributed by atoms with E-state index in [0.29, 0.717) is 32.4 Å². The van der Waals surface area contributed by atoms with Crippen LogP contribution < -0.4 is 0 Å². The van der Waals surface area contributed by atoms with Crippen molar-refractivity contribution in [3.63, 3.8) is 0 Å². The normalized spacial score (nSPS) is 30.9. The van der Waals surface area contributed by atoms with Crippen molar-refractivity contribution in [3.8, 4) is 11.3 Å². The number of Topliss-reactive ketones (excluding diaryl/α,β-unsaturated/α-hetero) is 2. The molecule has 0 bridgehead atoms. The standard InChI is InChI=1S/C32H44N4O7/c1-20-14-32(5,41-6)15-21(2)29(38)23(4)30(39)42-18-26-27(22(3)28(20)37)36(31(40)43-26)13-8-7-12-35-17-25(34-19-35)24-10-9-11-33-16-24/h9-11,16-17,19-23,26-27H,7-8,12-15,18H2,1-6H3/t20-,21-,22?,23?,26?,27?,32-/m1/s1. The minimum absolute atomic E-state index is 0.0290. The van der Waals surface area contributed by atoms with E-state index in [2.05, 4.69) is 9.97 Å². The van der Waals surface area contributed by atoms with Gasteiger partial charge in [-0.2, -0.15) is 0 Å². The predicted molar refractivity (Wildman–Crippen MR) is 158 cm³/mol. The van der Waals surface area contributed by atoms with Gasteiger partial charge in [0.25, 0.3) is 0 Å². The lowest BCUT2D eigenvalue weighted by Gasteiger charge is -2.36. The number of esters is 1. The highest BCUT2D eigenvalue weighted by Gasteiger charge is 2.48. The van der Waals surface area contributed by atoms with Crippen molar-refractivity contribution in [2.45, 2.75) is 84.6 Å². The fraction of sp³-hybridized carbons (Fsp3) is 0.625. The molecular formula is C32H44N4O7. The van der Waals surface area contributed by atoms with E-state index in [1.165, 1.54) is 6.92 Å². The molecule has 11 heteroatoms. The largest absolute Gasteiger partial charge is 0.461 e. The molecule has 2 saturated heterocycles. The number of rotatable bonds is 7. The number of imidazole rings is 1. The van der Waals surface area contributed by atoms with Crippen molar-refractivity contribution in [2.24, 2.45) is 23.7 Å². The van der Waals surface area contributed by atoms with Gasteiger partial charge < -0.3 is 23.7 Å². The molecule has 7 atom stereocenters. The Morgan fingerprint density at radius 1 is 1.02 bits per heavy atom. The molecular weight excluding hydrogens is 552 g/mol. The number of carbonyl (C=O) groups is 4. The van der Waals surface area contributed by atoms with E-state index in [4.69, 9.17) is 14.2 Å². The summed E-state index contributed by atoms with van der Waals surface area (Å²) in [7, 11) is 1.57. The minimum atomic E-state index is -0.968. The number of hydrogen-bond donors (Lipinski definition) is 0. The van der Waals surface area contributed by atoms with Crippen LogP contribution in [0.4, 0.5) is 4.79 Å². The first-order valence-electron chi connectivity index (χ1n) is 15.1. The van der Waals surface area contributed by atoms with Crippen LogP contribution in [-0.4, -0.2) is 81.1 Å². The number of aromatic nitrogens is 3. The number of ketones is 2. The van der Waals surface area contributed by atoms with E-state index in [0.717, 1.165) is 17.7 Å². The topological polar surface area (TPSA) is 130 Å².